The third-order valence-corrected chi connectivity index (χ3v) is 3.28. The van der Waals surface area contributed by atoms with Gasteiger partial charge in [-0.3, -0.25) is 0 Å². The van der Waals surface area contributed by atoms with E-state index in [0.29, 0.717) is 34.3 Å². The second-order valence-corrected chi connectivity index (χ2v) is 5.74. The molecule has 0 amide bonds. The molecule has 0 aliphatic rings. The maximum atomic E-state index is 9.53. The van der Waals surface area contributed by atoms with Gasteiger partial charge < -0.3 is 14.8 Å². The van der Waals surface area contributed by atoms with Gasteiger partial charge in [-0.15, -0.1) is 0 Å². The molecule has 2 aromatic rings. The zero-order valence-corrected chi connectivity index (χ0v) is 12.8. The lowest BCUT2D eigenvalue weighted by Gasteiger charge is -2.16. The third-order valence-electron chi connectivity index (χ3n) is 3.04. The summed E-state index contributed by atoms with van der Waals surface area (Å²) in [5.41, 5.74) is 1.88. The zero-order valence-electron chi connectivity index (χ0n) is 12.1. The minimum Gasteiger partial charge on any atom is -0.493 e. The van der Waals surface area contributed by atoms with Gasteiger partial charge in [-0.2, -0.15) is 0 Å². The van der Waals surface area contributed by atoms with Crippen LogP contribution in [0, 0.1) is 5.92 Å². The van der Waals surface area contributed by atoms with Crippen molar-refractivity contribution in [2.45, 2.75) is 13.8 Å². The predicted octanol–water partition coefficient (Wildman–Crippen LogP) is 2.72. The molecule has 0 radical (unpaired) electrons. The first kappa shape index (κ1) is 15.9. The van der Waals surface area contributed by atoms with Crippen molar-refractivity contribution in [1.82, 2.24) is 0 Å². The summed E-state index contributed by atoms with van der Waals surface area (Å²) in [5, 5.41) is 19.6. The average molecular weight is 305 g/mol. The van der Waals surface area contributed by atoms with Crippen LogP contribution in [0.15, 0.2) is 42.5 Å². The molecule has 2 rings (SSSR count). The van der Waals surface area contributed by atoms with Crippen LogP contribution in [-0.2, 0) is 0 Å². The van der Waals surface area contributed by atoms with Crippen LogP contribution in [0.25, 0.3) is 11.1 Å². The van der Waals surface area contributed by atoms with Crippen molar-refractivity contribution in [3.8, 4) is 16.9 Å². The average Bonchev–Trinajstić information content (AvgIpc) is 2.45. The van der Waals surface area contributed by atoms with Gasteiger partial charge in [0.05, 0.1) is 6.61 Å². The number of ether oxygens (including phenoxy) is 1. The van der Waals surface area contributed by atoms with Gasteiger partial charge >= 0.3 is 7.12 Å². The van der Waals surface area contributed by atoms with E-state index in [1.54, 1.807) is 30.3 Å². The number of hydrogen-bond acceptors (Lipinski definition) is 3. The SMILES string of the molecule is CC(C)COc1ccc(Cl)cc1-c1ccccc1B(O)O. The Morgan fingerprint density at radius 1 is 1.10 bits per heavy atom. The van der Waals surface area contributed by atoms with Gasteiger partial charge in [-0.1, -0.05) is 49.7 Å². The maximum absolute atomic E-state index is 9.53. The van der Waals surface area contributed by atoms with Crippen molar-refractivity contribution in [3.05, 3.63) is 47.5 Å². The largest absolute Gasteiger partial charge is 0.493 e. The van der Waals surface area contributed by atoms with Gasteiger partial charge in [0.1, 0.15) is 5.75 Å². The quantitative estimate of drug-likeness (QED) is 0.835. The highest BCUT2D eigenvalue weighted by atomic mass is 35.5. The van der Waals surface area contributed by atoms with E-state index >= 15 is 0 Å². The molecule has 3 nitrogen and oxygen atoms in total. The van der Waals surface area contributed by atoms with Gasteiger partial charge in [0, 0.05) is 10.6 Å². The molecule has 0 saturated heterocycles. The maximum Gasteiger partial charge on any atom is 0.489 e. The predicted molar refractivity (Wildman–Crippen MR) is 87.0 cm³/mol. The zero-order chi connectivity index (χ0) is 15.4. The highest BCUT2D eigenvalue weighted by Crippen LogP contribution is 2.32. The molecule has 0 aromatic heterocycles. The molecule has 0 heterocycles. The third kappa shape index (κ3) is 4.00. The number of hydrogen-bond donors (Lipinski definition) is 2. The van der Waals surface area contributed by atoms with Crippen LogP contribution in [0.5, 0.6) is 5.75 Å². The number of rotatable bonds is 5. The van der Waals surface area contributed by atoms with Gasteiger partial charge in [-0.05, 0) is 35.1 Å². The number of benzene rings is 2. The van der Waals surface area contributed by atoms with Crippen LogP contribution >= 0.6 is 11.6 Å². The number of halogens is 1. The van der Waals surface area contributed by atoms with Crippen molar-refractivity contribution < 1.29 is 14.8 Å². The molecule has 0 atom stereocenters. The fourth-order valence-corrected chi connectivity index (χ4v) is 2.23. The first-order valence-electron chi connectivity index (χ1n) is 6.87. The second kappa shape index (κ2) is 6.99. The first-order valence-corrected chi connectivity index (χ1v) is 7.24. The summed E-state index contributed by atoms with van der Waals surface area (Å²) in [5.74, 6) is 1.08. The lowest BCUT2D eigenvalue weighted by atomic mass is 9.75. The molecular formula is C16H18BClO3. The standard InChI is InChI=1S/C16H18BClO3/c1-11(2)10-21-16-8-7-12(18)9-14(16)13-5-3-4-6-15(13)17(19)20/h3-9,11,19-20H,10H2,1-2H3. The smallest absolute Gasteiger partial charge is 0.489 e. The molecule has 2 N–H and O–H groups in total. The normalized spacial score (nSPS) is 10.8. The summed E-state index contributed by atoms with van der Waals surface area (Å²) >= 11 is 6.08. The Labute approximate surface area is 130 Å². The summed E-state index contributed by atoms with van der Waals surface area (Å²) in [4.78, 5) is 0. The van der Waals surface area contributed by atoms with Crippen LogP contribution in [0.4, 0.5) is 0 Å². The molecule has 0 fully saturated rings. The minimum atomic E-state index is -1.54. The summed E-state index contributed by atoms with van der Waals surface area (Å²) in [6.45, 7) is 4.72. The Morgan fingerprint density at radius 2 is 1.81 bits per heavy atom. The van der Waals surface area contributed by atoms with E-state index in [-0.39, 0.29) is 0 Å². The summed E-state index contributed by atoms with van der Waals surface area (Å²) in [6.07, 6.45) is 0. The van der Waals surface area contributed by atoms with Gasteiger partial charge in [0.15, 0.2) is 0 Å². The van der Waals surface area contributed by atoms with Crippen molar-refractivity contribution in [2.24, 2.45) is 5.92 Å². The second-order valence-electron chi connectivity index (χ2n) is 5.31. The van der Waals surface area contributed by atoms with Crippen LogP contribution in [0.3, 0.4) is 0 Å². The molecule has 0 saturated carbocycles. The summed E-state index contributed by atoms with van der Waals surface area (Å²) in [6, 6.07) is 12.4. The van der Waals surface area contributed by atoms with E-state index in [0.717, 1.165) is 5.56 Å². The molecule has 5 heteroatoms. The van der Waals surface area contributed by atoms with Crippen LogP contribution in [0.2, 0.25) is 5.02 Å². The lowest BCUT2D eigenvalue weighted by Crippen LogP contribution is -2.31. The fourth-order valence-electron chi connectivity index (χ4n) is 2.06. The van der Waals surface area contributed by atoms with E-state index < -0.39 is 7.12 Å². The van der Waals surface area contributed by atoms with E-state index in [1.807, 2.05) is 12.1 Å². The molecule has 21 heavy (non-hydrogen) atoms. The van der Waals surface area contributed by atoms with E-state index in [2.05, 4.69) is 13.8 Å². The molecule has 0 bridgehead atoms. The topological polar surface area (TPSA) is 49.7 Å². The highest BCUT2D eigenvalue weighted by Gasteiger charge is 2.19. The Kier molecular flexibility index (Phi) is 5.29. The van der Waals surface area contributed by atoms with Crippen LogP contribution < -0.4 is 10.2 Å². The molecule has 0 unspecified atom stereocenters. The van der Waals surface area contributed by atoms with Gasteiger partial charge in [-0.25, -0.2) is 0 Å². The Balaban J connectivity index is 2.49. The lowest BCUT2D eigenvalue weighted by molar-refractivity contribution is 0.272. The Bertz CT molecular complexity index is 614. The van der Waals surface area contributed by atoms with E-state index in [9.17, 15) is 10.0 Å². The monoisotopic (exact) mass is 304 g/mol. The molecule has 0 aliphatic heterocycles. The molecular weight excluding hydrogens is 286 g/mol. The fraction of sp³-hybridized carbons (Fsp3) is 0.250. The Hall–Kier alpha value is -1.49. The van der Waals surface area contributed by atoms with Gasteiger partial charge in [0.2, 0.25) is 0 Å². The van der Waals surface area contributed by atoms with Crippen LogP contribution in [0.1, 0.15) is 13.8 Å². The molecule has 110 valence electrons. The van der Waals surface area contributed by atoms with Gasteiger partial charge in [0.25, 0.3) is 0 Å². The van der Waals surface area contributed by atoms with E-state index in [4.69, 9.17) is 16.3 Å². The van der Waals surface area contributed by atoms with Crippen molar-refractivity contribution in [2.75, 3.05) is 6.61 Å². The first-order chi connectivity index (χ1) is 9.99. The summed E-state index contributed by atoms with van der Waals surface area (Å²) in [7, 11) is -1.54. The molecule has 0 spiro atoms. The van der Waals surface area contributed by atoms with Crippen molar-refractivity contribution in [3.63, 3.8) is 0 Å². The minimum absolute atomic E-state index is 0.396. The highest BCUT2D eigenvalue weighted by molar-refractivity contribution is 6.60. The van der Waals surface area contributed by atoms with E-state index in [1.165, 1.54) is 0 Å². The van der Waals surface area contributed by atoms with Crippen LogP contribution in [-0.4, -0.2) is 23.8 Å². The van der Waals surface area contributed by atoms with Crippen molar-refractivity contribution >= 4 is 24.2 Å². The molecule has 0 aliphatic carbocycles. The Morgan fingerprint density at radius 3 is 2.48 bits per heavy atom. The molecule has 2 aromatic carbocycles. The summed E-state index contributed by atoms with van der Waals surface area (Å²) < 4.78 is 5.82. The van der Waals surface area contributed by atoms with Crippen molar-refractivity contribution in [1.29, 1.82) is 0 Å².